The van der Waals surface area contributed by atoms with Gasteiger partial charge in [-0.2, -0.15) is 0 Å². The molecular formula is C18H19N. The minimum atomic E-state index is 0.147. The molecular weight excluding hydrogens is 230 g/mol. The first-order valence-corrected chi connectivity index (χ1v) is 7.09. The second kappa shape index (κ2) is 3.71. The maximum Gasteiger partial charge on any atom is 0.0479 e. The largest absolute Gasteiger partial charge is 0.289 e. The van der Waals surface area contributed by atoms with Crippen molar-refractivity contribution in [1.82, 2.24) is 4.90 Å². The highest BCUT2D eigenvalue weighted by Gasteiger charge is 2.46. The van der Waals surface area contributed by atoms with Gasteiger partial charge in [-0.25, -0.2) is 0 Å². The molecule has 2 aromatic rings. The lowest BCUT2D eigenvalue weighted by atomic mass is 9.82. The van der Waals surface area contributed by atoms with Crippen LogP contribution in [0.2, 0.25) is 0 Å². The molecule has 0 N–H and O–H groups in total. The summed E-state index contributed by atoms with van der Waals surface area (Å²) in [5, 5.41) is 0. The van der Waals surface area contributed by atoms with Crippen LogP contribution in [-0.2, 0) is 18.4 Å². The Morgan fingerprint density at radius 2 is 1.68 bits per heavy atom. The second-order valence-corrected chi connectivity index (χ2v) is 6.14. The van der Waals surface area contributed by atoms with Crippen LogP contribution in [0.5, 0.6) is 0 Å². The summed E-state index contributed by atoms with van der Waals surface area (Å²) in [6, 6.07) is 18.5. The number of fused-ring (bicyclic) bond motifs is 6. The average molecular weight is 249 g/mol. The summed E-state index contributed by atoms with van der Waals surface area (Å²) < 4.78 is 0. The van der Waals surface area contributed by atoms with Crippen LogP contribution in [0.15, 0.2) is 48.5 Å². The minimum absolute atomic E-state index is 0.147. The zero-order chi connectivity index (χ0) is 13.0. The van der Waals surface area contributed by atoms with Crippen LogP contribution < -0.4 is 0 Å². The Bertz CT molecular complexity index is 646. The summed E-state index contributed by atoms with van der Waals surface area (Å²) in [6.07, 6.45) is 2.26. The highest BCUT2D eigenvalue weighted by molar-refractivity contribution is 5.46. The van der Waals surface area contributed by atoms with Gasteiger partial charge in [-0.05, 0) is 49.1 Å². The van der Waals surface area contributed by atoms with Crippen molar-refractivity contribution in [1.29, 1.82) is 0 Å². The Hall–Kier alpha value is -1.60. The number of nitrogens with zero attached hydrogens (tertiary/aromatic N) is 1. The Morgan fingerprint density at radius 1 is 1.00 bits per heavy atom. The first-order chi connectivity index (χ1) is 9.20. The van der Waals surface area contributed by atoms with E-state index in [1.807, 2.05) is 0 Å². The predicted molar refractivity (Wildman–Crippen MR) is 78.1 cm³/mol. The van der Waals surface area contributed by atoms with E-state index in [1.165, 1.54) is 22.3 Å². The van der Waals surface area contributed by atoms with Crippen LogP contribution in [0.3, 0.4) is 0 Å². The topological polar surface area (TPSA) is 3.24 Å². The first-order valence-electron chi connectivity index (χ1n) is 7.09. The highest BCUT2D eigenvalue weighted by Crippen LogP contribution is 2.50. The molecule has 0 unspecified atom stereocenters. The van der Waals surface area contributed by atoms with Crippen molar-refractivity contribution in [3.05, 3.63) is 70.8 Å². The quantitative estimate of drug-likeness (QED) is 0.688. The molecule has 2 aliphatic rings. The van der Waals surface area contributed by atoms with Crippen LogP contribution in [0.4, 0.5) is 0 Å². The van der Waals surface area contributed by atoms with Crippen molar-refractivity contribution in [2.45, 2.75) is 31.3 Å². The van der Waals surface area contributed by atoms with E-state index in [0.29, 0.717) is 6.04 Å². The number of likely N-dealkylation sites (N-methyl/N-ethyl adjacent to an activating group) is 1. The van der Waals surface area contributed by atoms with Crippen LogP contribution in [0.1, 0.15) is 35.2 Å². The zero-order valence-corrected chi connectivity index (χ0v) is 11.6. The van der Waals surface area contributed by atoms with E-state index in [0.717, 1.165) is 12.8 Å². The maximum absolute atomic E-state index is 2.58. The van der Waals surface area contributed by atoms with Gasteiger partial charge < -0.3 is 0 Å². The monoisotopic (exact) mass is 249 g/mol. The molecule has 2 bridgehead atoms. The van der Waals surface area contributed by atoms with Gasteiger partial charge in [0.05, 0.1) is 0 Å². The molecule has 2 aliphatic heterocycles. The van der Waals surface area contributed by atoms with Crippen molar-refractivity contribution >= 4 is 0 Å². The smallest absolute Gasteiger partial charge is 0.0479 e. The molecule has 0 fully saturated rings. The molecule has 0 saturated carbocycles. The van der Waals surface area contributed by atoms with Gasteiger partial charge in [0.1, 0.15) is 0 Å². The van der Waals surface area contributed by atoms with Gasteiger partial charge >= 0.3 is 0 Å². The molecule has 2 aromatic carbocycles. The zero-order valence-electron chi connectivity index (χ0n) is 11.6. The van der Waals surface area contributed by atoms with E-state index < -0.39 is 0 Å². The maximum atomic E-state index is 2.58. The molecule has 0 radical (unpaired) electrons. The number of benzene rings is 2. The molecule has 0 aromatic heterocycles. The first kappa shape index (κ1) is 11.2. The molecule has 2 atom stereocenters. The Kier molecular flexibility index (Phi) is 2.19. The lowest BCUT2D eigenvalue weighted by molar-refractivity contribution is 0.121. The number of hydrogen-bond donors (Lipinski definition) is 0. The molecule has 0 spiro atoms. The summed E-state index contributed by atoms with van der Waals surface area (Å²) in [5.41, 5.74) is 6.25. The molecule has 2 heterocycles. The van der Waals surface area contributed by atoms with E-state index in [4.69, 9.17) is 0 Å². The van der Waals surface area contributed by atoms with Crippen molar-refractivity contribution < 1.29 is 0 Å². The summed E-state index contributed by atoms with van der Waals surface area (Å²) in [6.45, 7) is 2.40. The predicted octanol–water partition coefficient (Wildman–Crippen LogP) is 3.69. The third kappa shape index (κ3) is 1.39. The van der Waals surface area contributed by atoms with E-state index in [2.05, 4.69) is 67.4 Å². The number of hydrogen-bond acceptors (Lipinski definition) is 1. The second-order valence-electron chi connectivity index (χ2n) is 6.14. The third-order valence-corrected chi connectivity index (χ3v) is 5.21. The fourth-order valence-corrected chi connectivity index (χ4v) is 4.00. The van der Waals surface area contributed by atoms with Gasteiger partial charge in [0, 0.05) is 11.6 Å². The normalized spacial score (nSPS) is 28.6. The molecule has 0 amide bonds. The average Bonchev–Trinajstić information content (AvgIpc) is 2.56. The van der Waals surface area contributed by atoms with Crippen molar-refractivity contribution in [3.8, 4) is 0 Å². The van der Waals surface area contributed by atoms with Crippen molar-refractivity contribution in [3.63, 3.8) is 0 Å². The van der Waals surface area contributed by atoms with Gasteiger partial charge in [-0.1, -0.05) is 48.5 Å². The van der Waals surface area contributed by atoms with Gasteiger partial charge in [0.25, 0.3) is 0 Å². The van der Waals surface area contributed by atoms with E-state index >= 15 is 0 Å². The fraction of sp³-hybridized carbons (Fsp3) is 0.333. The van der Waals surface area contributed by atoms with Gasteiger partial charge in [0.2, 0.25) is 0 Å². The third-order valence-electron chi connectivity index (χ3n) is 5.21. The Morgan fingerprint density at radius 3 is 2.53 bits per heavy atom. The molecule has 96 valence electrons. The SMILES string of the molecule is CN1[C@@H]2Cc3ccccc3C[C@@]1(C)c1ccccc12. The van der Waals surface area contributed by atoms with E-state index in [-0.39, 0.29) is 5.54 Å². The fourth-order valence-electron chi connectivity index (χ4n) is 4.00. The molecule has 1 nitrogen and oxygen atoms in total. The molecule has 19 heavy (non-hydrogen) atoms. The van der Waals surface area contributed by atoms with E-state index in [9.17, 15) is 0 Å². The summed E-state index contributed by atoms with van der Waals surface area (Å²) in [4.78, 5) is 2.58. The number of rotatable bonds is 0. The van der Waals surface area contributed by atoms with Gasteiger partial charge in [-0.15, -0.1) is 0 Å². The van der Waals surface area contributed by atoms with E-state index in [1.54, 1.807) is 0 Å². The molecule has 4 rings (SSSR count). The van der Waals surface area contributed by atoms with Crippen LogP contribution in [0.25, 0.3) is 0 Å². The lowest BCUT2D eigenvalue weighted by Gasteiger charge is -2.34. The summed E-state index contributed by atoms with van der Waals surface area (Å²) >= 11 is 0. The minimum Gasteiger partial charge on any atom is -0.289 e. The standard InChI is InChI=1S/C18H19N/c1-18-12-14-8-4-3-7-13(14)11-17(19(18)2)15-9-5-6-10-16(15)18/h3-10,17H,11-12H2,1-2H3/t17-,18+/m1/s1. The van der Waals surface area contributed by atoms with Crippen LogP contribution >= 0.6 is 0 Å². The van der Waals surface area contributed by atoms with Crippen molar-refractivity contribution in [2.24, 2.45) is 0 Å². The summed E-state index contributed by atoms with van der Waals surface area (Å²) in [7, 11) is 2.29. The van der Waals surface area contributed by atoms with Crippen molar-refractivity contribution in [2.75, 3.05) is 7.05 Å². The highest BCUT2D eigenvalue weighted by atomic mass is 15.2. The van der Waals surface area contributed by atoms with Gasteiger partial charge in [0.15, 0.2) is 0 Å². The lowest BCUT2D eigenvalue weighted by Crippen LogP contribution is -2.38. The summed E-state index contributed by atoms with van der Waals surface area (Å²) in [5.74, 6) is 0. The Balaban J connectivity index is 1.95. The van der Waals surface area contributed by atoms with Crippen LogP contribution in [-0.4, -0.2) is 11.9 Å². The van der Waals surface area contributed by atoms with Gasteiger partial charge in [-0.3, -0.25) is 4.90 Å². The van der Waals surface area contributed by atoms with Crippen LogP contribution in [0, 0.1) is 0 Å². The Labute approximate surface area is 114 Å². The molecule has 0 saturated heterocycles. The molecule has 1 heteroatoms. The molecule has 0 aliphatic carbocycles.